The van der Waals surface area contributed by atoms with Crippen LogP contribution in [-0.2, 0) is 14.3 Å². The van der Waals surface area contributed by atoms with Crippen LogP contribution in [0.15, 0.2) is 22.8 Å². The van der Waals surface area contributed by atoms with E-state index in [1.54, 1.807) is 17.0 Å². The van der Waals surface area contributed by atoms with Gasteiger partial charge in [0.25, 0.3) is 5.91 Å². The van der Waals surface area contributed by atoms with Crippen molar-refractivity contribution in [2.75, 3.05) is 59.0 Å². The summed E-state index contributed by atoms with van der Waals surface area (Å²) in [5.41, 5.74) is 0. The zero-order valence-electron chi connectivity index (χ0n) is 14.9. The highest BCUT2D eigenvalue weighted by Gasteiger charge is 2.40. The molecule has 26 heavy (non-hydrogen) atoms. The summed E-state index contributed by atoms with van der Waals surface area (Å²) in [4.78, 5) is 30.6. The number of likely N-dealkylation sites (tertiary alicyclic amines) is 1. The van der Waals surface area contributed by atoms with E-state index >= 15 is 0 Å². The van der Waals surface area contributed by atoms with Gasteiger partial charge >= 0.3 is 0 Å². The average Bonchev–Trinajstić information content (AvgIpc) is 3.36. The zero-order chi connectivity index (χ0) is 18.0. The predicted octanol–water partition coefficient (Wildman–Crippen LogP) is 0.403. The van der Waals surface area contributed by atoms with Crippen LogP contribution in [0.3, 0.4) is 0 Å². The van der Waals surface area contributed by atoms with Gasteiger partial charge in [0.1, 0.15) is 0 Å². The first kappa shape index (κ1) is 17.5. The van der Waals surface area contributed by atoms with E-state index in [2.05, 4.69) is 4.90 Å². The molecule has 0 radical (unpaired) electrons. The number of piperidine rings is 1. The Bertz CT molecular complexity index is 623. The van der Waals surface area contributed by atoms with Crippen molar-refractivity contribution in [3.63, 3.8) is 0 Å². The molecule has 8 heteroatoms. The minimum atomic E-state index is -0.405. The molecule has 0 aliphatic carbocycles. The molecule has 4 rings (SSSR count). The van der Waals surface area contributed by atoms with Crippen molar-refractivity contribution in [2.24, 2.45) is 0 Å². The maximum Gasteiger partial charge on any atom is 0.289 e. The van der Waals surface area contributed by atoms with E-state index in [0.717, 1.165) is 25.9 Å². The molecule has 3 saturated heterocycles. The maximum atomic E-state index is 12.6. The minimum Gasteiger partial charge on any atom is -0.459 e. The Labute approximate surface area is 152 Å². The summed E-state index contributed by atoms with van der Waals surface area (Å²) >= 11 is 0. The van der Waals surface area contributed by atoms with Gasteiger partial charge in [0.15, 0.2) is 11.5 Å². The van der Waals surface area contributed by atoms with Gasteiger partial charge in [0.2, 0.25) is 5.91 Å². The number of hydrogen-bond donors (Lipinski definition) is 0. The Kier molecular flexibility index (Phi) is 4.97. The second-order valence-corrected chi connectivity index (χ2v) is 7.03. The number of ether oxygens (including phenoxy) is 2. The van der Waals surface area contributed by atoms with Gasteiger partial charge in [-0.2, -0.15) is 0 Å². The van der Waals surface area contributed by atoms with E-state index in [9.17, 15) is 9.59 Å². The molecule has 142 valence electrons. The quantitative estimate of drug-likeness (QED) is 0.774. The predicted molar refractivity (Wildman–Crippen MR) is 91.5 cm³/mol. The van der Waals surface area contributed by atoms with Crippen molar-refractivity contribution in [1.29, 1.82) is 0 Å². The van der Waals surface area contributed by atoms with E-state index < -0.39 is 5.79 Å². The molecule has 3 aliphatic heterocycles. The Morgan fingerprint density at radius 1 is 0.962 bits per heavy atom. The number of carbonyl (C=O) groups is 2. The Balaban J connectivity index is 1.22. The standard InChI is InChI=1S/C18H25N3O5/c22-16(14-19-5-3-18(4-6-19)25-12-13-26-18)20-7-9-21(10-8-20)17(23)15-2-1-11-24-15/h1-2,11H,3-10,12-14H2. The van der Waals surface area contributed by atoms with E-state index in [4.69, 9.17) is 13.9 Å². The van der Waals surface area contributed by atoms with Crippen LogP contribution in [0.4, 0.5) is 0 Å². The molecule has 0 unspecified atom stereocenters. The molecule has 1 spiro atoms. The lowest BCUT2D eigenvalue weighted by Crippen LogP contribution is -2.54. The van der Waals surface area contributed by atoms with Gasteiger partial charge in [0.05, 0.1) is 26.0 Å². The molecule has 0 atom stereocenters. The number of carbonyl (C=O) groups excluding carboxylic acids is 2. The Morgan fingerprint density at radius 2 is 1.62 bits per heavy atom. The van der Waals surface area contributed by atoms with Crippen LogP contribution in [0, 0.1) is 0 Å². The van der Waals surface area contributed by atoms with E-state index in [0.29, 0.717) is 51.7 Å². The second-order valence-electron chi connectivity index (χ2n) is 7.03. The summed E-state index contributed by atoms with van der Waals surface area (Å²) < 4.78 is 16.6. The molecule has 0 saturated carbocycles. The molecule has 0 aromatic carbocycles. The summed E-state index contributed by atoms with van der Waals surface area (Å²) in [6.45, 7) is 5.57. The molecular weight excluding hydrogens is 338 g/mol. The SMILES string of the molecule is O=C(CN1CCC2(CC1)OCCO2)N1CCN(C(=O)c2ccco2)CC1. The zero-order valence-corrected chi connectivity index (χ0v) is 14.9. The number of piperazine rings is 1. The fourth-order valence-corrected chi connectivity index (χ4v) is 3.84. The molecule has 2 amide bonds. The van der Waals surface area contributed by atoms with Gasteiger partial charge in [0, 0.05) is 52.1 Å². The molecule has 1 aromatic rings. The van der Waals surface area contributed by atoms with Gasteiger partial charge in [-0.25, -0.2) is 0 Å². The van der Waals surface area contributed by atoms with Crippen LogP contribution < -0.4 is 0 Å². The normalized spacial score (nSPS) is 23.5. The lowest BCUT2D eigenvalue weighted by atomic mass is 10.0. The summed E-state index contributed by atoms with van der Waals surface area (Å²) in [7, 11) is 0. The maximum absolute atomic E-state index is 12.6. The molecular formula is C18H25N3O5. The molecule has 3 fully saturated rings. The topological polar surface area (TPSA) is 75.5 Å². The van der Waals surface area contributed by atoms with E-state index in [1.165, 1.54) is 6.26 Å². The number of furan rings is 1. The van der Waals surface area contributed by atoms with Crippen LogP contribution in [0.2, 0.25) is 0 Å². The largest absolute Gasteiger partial charge is 0.459 e. The number of hydrogen-bond acceptors (Lipinski definition) is 6. The smallest absolute Gasteiger partial charge is 0.289 e. The fraction of sp³-hybridized carbons (Fsp3) is 0.667. The second kappa shape index (κ2) is 7.38. The van der Waals surface area contributed by atoms with Gasteiger partial charge in [-0.05, 0) is 12.1 Å². The van der Waals surface area contributed by atoms with Crippen molar-refractivity contribution < 1.29 is 23.5 Å². The van der Waals surface area contributed by atoms with Gasteiger partial charge in [-0.15, -0.1) is 0 Å². The minimum absolute atomic E-state index is 0.111. The van der Waals surface area contributed by atoms with Crippen LogP contribution in [0.1, 0.15) is 23.4 Å². The van der Waals surface area contributed by atoms with Gasteiger partial charge < -0.3 is 23.7 Å². The Morgan fingerprint density at radius 3 is 2.23 bits per heavy atom. The molecule has 8 nitrogen and oxygen atoms in total. The van der Waals surface area contributed by atoms with Crippen molar-refractivity contribution in [2.45, 2.75) is 18.6 Å². The van der Waals surface area contributed by atoms with Gasteiger partial charge in [-0.1, -0.05) is 0 Å². The van der Waals surface area contributed by atoms with Crippen molar-refractivity contribution in [1.82, 2.24) is 14.7 Å². The van der Waals surface area contributed by atoms with Gasteiger partial charge in [-0.3, -0.25) is 14.5 Å². The van der Waals surface area contributed by atoms with Crippen molar-refractivity contribution in [3.8, 4) is 0 Å². The highest BCUT2D eigenvalue weighted by atomic mass is 16.7. The van der Waals surface area contributed by atoms with E-state index in [-0.39, 0.29) is 11.8 Å². The Hall–Kier alpha value is -1.90. The summed E-state index contributed by atoms with van der Waals surface area (Å²) in [6.07, 6.45) is 3.12. The third kappa shape index (κ3) is 3.62. The van der Waals surface area contributed by atoms with Crippen LogP contribution >= 0.6 is 0 Å². The fourth-order valence-electron chi connectivity index (χ4n) is 3.84. The average molecular weight is 363 g/mol. The lowest BCUT2D eigenvalue weighted by Gasteiger charge is -2.39. The lowest BCUT2D eigenvalue weighted by molar-refractivity contribution is -0.186. The third-order valence-corrected chi connectivity index (χ3v) is 5.44. The molecule has 4 heterocycles. The van der Waals surface area contributed by atoms with Crippen LogP contribution in [0.25, 0.3) is 0 Å². The summed E-state index contributed by atoms with van der Waals surface area (Å²) in [6, 6.07) is 3.37. The monoisotopic (exact) mass is 363 g/mol. The number of amides is 2. The molecule has 1 aromatic heterocycles. The highest BCUT2D eigenvalue weighted by Crippen LogP contribution is 2.31. The van der Waals surface area contributed by atoms with Crippen molar-refractivity contribution in [3.05, 3.63) is 24.2 Å². The molecule has 3 aliphatic rings. The molecule has 0 bridgehead atoms. The van der Waals surface area contributed by atoms with Crippen molar-refractivity contribution >= 4 is 11.8 Å². The van der Waals surface area contributed by atoms with Crippen LogP contribution in [0.5, 0.6) is 0 Å². The highest BCUT2D eigenvalue weighted by molar-refractivity contribution is 5.91. The third-order valence-electron chi connectivity index (χ3n) is 5.44. The number of nitrogens with zero attached hydrogens (tertiary/aromatic N) is 3. The summed E-state index contributed by atoms with van der Waals surface area (Å²) in [5.74, 6) is -0.0418. The first-order valence-corrected chi connectivity index (χ1v) is 9.26. The first-order valence-electron chi connectivity index (χ1n) is 9.26. The summed E-state index contributed by atoms with van der Waals surface area (Å²) in [5, 5.41) is 0. The molecule has 0 N–H and O–H groups in total. The van der Waals surface area contributed by atoms with E-state index in [1.807, 2.05) is 4.90 Å². The first-order chi connectivity index (χ1) is 12.7. The number of rotatable bonds is 3. The van der Waals surface area contributed by atoms with Crippen LogP contribution in [-0.4, -0.2) is 91.3 Å².